The summed E-state index contributed by atoms with van der Waals surface area (Å²) >= 11 is 0. The van der Waals surface area contributed by atoms with Crippen molar-refractivity contribution in [3.63, 3.8) is 0 Å². The minimum Gasteiger partial charge on any atom is -0.395 e. The van der Waals surface area contributed by atoms with Gasteiger partial charge in [-0.1, -0.05) is 25.1 Å². The minimum absolute atomic E-state index is 0.165. The molecule has 2 N–H and O–H groups in total. The van der Waals surface area contributed by atoms with Gasteiger partial charge in [-0.25, -0.2) is 0 Å². The maximum atomic E-state index is 9.46. The number of hydrogen-bond donors (Lipinski definition) is 2. The topological polar surface area (TPSA) is 35.5 Å². The van der Waals surface area contributed by atoms with Gasteiger partial charge in [0.15, 0.2) is 0 Å². The van der Waals surface area contributed by atoms with Crippen LogP contribution in [0, 0.1) is 0 Å². The Morgan fingerprint density at radius 3 is 2.94 bits per heavy atom. The number of nitrogens with zero attached hydrogens (tertiary/aromatic N) is 1. The SMILES string of the molecule is CCCNC(CO)CN1c2ccccc2CC1C. The van der Waals surface area contributed by atoms with E-state index in [9.17, 15) is 5.11 Å². The Morgan fingerprint density at radius 2 is 2.22 bits per heavy atom. The third kappa shape index (κ3) is 2.85. The van der Waals surface area contributed by atoms with Crippen molar-refractivity contribution >= 4 is 5.69 Å². The van der Waals surface area contributed by atoms with Gasteiger partial charge in [-0.2, -0.15) is 0 Å². The lowest BCUT2D eigenvalue weighted by atomic mass is 10.1. The minimum atomic E-state index is 0.165. The van der Waals surface area contributed by atoms with E-state index < -0.39 is 0 Å². The first-order valence-corrected chi connectivity index (χ1v) is 6.95. The molecule has 1 aromatic rings. The maximum absolute atomic E-state index is 9.46. The molecule has 1 aliphatic heterocycles. The van der Waals surface area contributed by atoms with E-state index >= 15 is 0 Å². The van der Waals surface area contributed by atoms with Gasteiger partial charge < -0.3 is 15.3 Å². The van der Waals surface area contributed by atoms with Crippen LogP contribution in [0.15, 0.2) is 24.3 Å². The van der Waals surface area contributed by atoms with Crippen molar-refractivity contribution in [1.29, 1.82) is 0 Å². The van der Waals surface area contributed by atoms with Crippen molar-refractivity contribution in [2.24, 2.45) is 0 Å². The molecule has 100 valence electrons. The molecule has 2 rings (SSSR count). The number of hydrogen-bond acceptors (Lipinski definition) is 3. The Balaban J connectivity index is 2.04. The van der Waals surface area contributed by atoms with Crippen LogP contribution >= 0.6 is 0 Å². The zero-order chi connectivity index (χ0) is 13.0. The molecule has 0 saturated carbocycles. The van der Waals surface area contributed by atoms with Gasteiger partial charge in [0.05, 0.1) is 6.61 Å². The first kappa shape index (κ1) is 13.4. The van der Waals surface area contributed by atoms with E-state index in [1.54, 1.807) is 0 Å². The van der Waals surface area contributed by atoms with Crippen LogP contribution in [0.3, 0.4) is 0 Å². The molecular weight excluding hydrogens is 224 g/mol. The molecule has 18 heavy (non-hydrogen) atoms. The summed E-state index contributed by atoms with van der Waals surface area (Å²) in [4.78, 5) is 2.42. The van der Waals surface area contributed by atoms with Crippen LogP contribution in [-0.4, -0.2) is 36.9 Å². The van der Waals surface area contributed by atoms with Crippen molar-refractivity contribution in [2.45, 2.75) is 38.8 Å². The Labute approximate surface area is 110 Å². The third-order valence-electron chi connectivity index (χ3n) is 3.67. The number of rotatable bonds is 6. The number of aliphatic hydroxyl groups is 1. The van der Waals surface area contributed by atoms with Gasteiger partial charge >= 0.3 is 0 Å². The highest BCUT2D eigenvalue weighted by molar-refractivity contribution is 5.59. The fourth-order valence-corrected chi connectivity index (χ4v) is 2.68. The summed E-state index contributed by atoms with van der Waals surface area (Å²) in [5.41, 5.74) is 2.76. The van der Waals surface area contributed by atoms with Crippen LogP contribution in [0.1, 0.15) is 25.8 Å². The summed E-state index contributed by atoms with van der Waals surface area (Å²) in [5, 5.41) is 12.9. The summed E-state index contributed by atoms with van der Waals surface area (Å²) in [6.07, 6.45) is 2.21. The smallest absolute Gasteiger partial charge is 0.0601 e. The predicted octanol–water partition coefficient (Wildman–Crippen LogP) is 1.80. The molecule has 2 atom stereocenters. The number of para-hydroxylation sites is 1. The second kappa shape index (κ2) is 6.21. The molecule has 0 amide bonds. The highest BCUT2D eigenvalue weighted by atomic mass is 16.3. The van der Waals surface area contributed by atoms with Gasteiger partial charge in [0.25, 0.3) is 0 Å². The van der Waals surface area contributed by atoms with Crippen molar-refractivity contribution in [2.75, 3.05) is 24.6 Å². The Hall–Kier alpha value is -1.06. The van der Waals surface area contributed by atoms with Crippen LogP contribution in [-0.2, 0) is 6.42 Å². The molecule has 3 heteroatoms. The largest absolute Gasteiger partial charge is 0.395 e. The molecule has 0 bridgehead atoms. The lowest BCUT2D eigenvalue weighted by Crippen LogP contribution is -2.45. The molecule has 3 nitrogen and oxygen atoms in total. The van der Waals surface area contributed by atoms with E-state index in [0.29, 0.717) is 6.04 Å². The number of anilines is 1. The third-order valence-corrected chi connectivity index (χ3v) is 3.67. The van der Waals surface area contributed by atoms with Crippen LogP contribution < -0.4 is 10.2 Å². The van der Waals surface area contributed by atoms with Crippen molar-refractivity contribution < 1.29 is 5.11 Å². The number of nitrogens with one attached hydrogen (secondary N) is 1. The highest BCUT2D eigenvalue weighted by Crippen LogP contribution is 2.31. The normalized spacial score (nSPS) is 19.9. The first-order chi connectivity index (χ1) is 8.76. The molecule has 0 aliphatic carbocycles. The van der Waals surface area contributed by atoms with Gasteiger partial charge in [0, 0.05) is 24.3 Å². The molecule has 1 aromatic carbocycles. The quantitative estimate of drug-likeness (QED) is 0.806. The molecule has 1 aliphatic rings. The zero-order valence-electron chi connectivity index (χ0n) is 11.4. The summed E-state index contributed by atoms with van der Waals surface area (Å²) in [6, 6.07) is 9.29. The van der Waals surface area contributed by atoms with Crippen molar-refractivity contribution in [1.82, 2.24) is 5.32 Å². The maximum Gasteiger partial charge on any atom is 0.0601 e. The van der Waals surface area contributed by atoms with E-state index in [4.69, 9.17) is 0 Å². The zero-order valence-corrected chi connectivity index (χ0v) is 11.4. The molecule has 0 aromatic heterocycles. The fraction of sp³-hybridized carbons (Fsp3) is 0.600. The average Bonchev–Trinajstić information content (AvgIpc) is 2.70. The standard InChI is InChI=1S/C15H24N2O/c1-3-8-16-14(11-18)10-17-12(2)9-13-6-4-5-7-15(13)17/h4-7,12,14,16,18H,3,8-11H2,1-2H3. The van der Waals surface area contributed by atoms with Crippen LogP contribution in [0.25, 0.3) is 0 Å². The molecule has 1 heterocycles. The van der Waals surface area contributed by atoms with Crippen LogP contribution in [0.4, 0.5) is 5.69 Å². The molecule has 0 fully saturated rings. The Morgan fingerprint density at radius 1 is 1.44 bits per heavy atom. The predicted molar refractivity (Wildman–Crippen MR) is 76.1 cm³/mol. The monoisotopic (exact) mass is 248 g/mol. The molecule has 2 unspecified atom stereocenters. The Kier molecular flexibility index (Phi) is 4.61. The average molecular weight is 248 g/mol. The number of benzene rings is 1. The van der Waals surface area contributed by atoms with Gasteiger partial charge in [-0.15, -0.1) is 0 Å². The second-order valence-electron chi connectivity index (χ2n) is 5.17. The van der Waals surface area contributed by atoms with E-state index in [1.807, 2.05) is 0 Å². The lowest BCUT2D eigenvalue weighted by Gasteiger charge is -2.29. The van der Waals surface area contributed by atoms with Gasteiger partial charge in [0.2, 0.25) is 0 Å². The van der Waals surface area contributed by atoms with Crippen molar-refractivity contribution in [3.8, 4) is 0 Å². The summed E-state index contributed by atoms with van der Waals surface area (Å²) in [5.74, 6) is 0. The fourth-order valence-electron chi connectivity index (χ4n) is 2.68. The van der Waals surface area contributed by atoms with E-state index in [-0.39, 0.29) is 12.6 Å². The second-order valence-corrected chi connectivity index (χ2v) is 5.17. The molecule has 0 saturated heterocycles. The highest BCUT2D eigenvalue weighted by Gasteiger charge is 2.27. The van der Waals surface area contributed by atoms with Crippen molar-refractivity contribution in [3.05, 3.63) is 29.8 Å². The lowest BCUT2D eigenvalue weighted by molar-refractivity contribution is 0.243. The first-order valence-electron chi connectivity index (χ1n) is 6.95. The van der Waals surface area contributed by atoms with Crippen LogP contribution in [0.5, 0.6) is 0 Å². The molecular formula is C15H24N2O. The summed E-state index contributed by atoms with van der Waals surface area (Å²) < 4.78 is 0. The van der Waals surface area contributed by atoms with Gasteiger partial charge in [-0.3, -0.25) is 0 Å². The van der Waals surface area contributed by atoms with E-state index in [2.05, 4.69) is 48.3 Å². The Bertz CT molecular complexity index is 381. The summed E-state index contributed by atoms with van der Waals surface area (Å²) in [6.45, 7) is 6.46. The van der Waals surface area contributed by atoms with Gasteiger partial charge in [0.1, 0.15) is 0 Å². The van der Waals surface area contributed by atoms with E-state index in [1.165, 1.54) is 11.3 Å². The summed E-state index contributed by atoms with van der Waals surface area (Å²) in [7, 11) is 0. The number of aliphatic hydroxyl groups excluding tert-OH is 1. The number of fused-ring (bicyclic) bond motifs is 1. The van der Waals surface area contributed by atoms with Crippen LogP contribution in [0.2, 0.25) is 0 Å². The van der Waals surface area contributed by atoms with Gasteiger partial charge in [-0.05, 0) is 37.9 Å². The van der Waals surface area contributed by atoms with E-state index in [0.717, 1.165) is 25.9 Å². The molecule has 0 spiro atoms. The molecule has 0 radical (unpaired) electrons.